The number of hydrogen-bond donors (Lipinski definition) is 1. The molecule has 1 atom stereocenters. The summed E-state index contributed by atoms with van der Waals surface area (Å²) in [4.78, 5) is 35.2. The third-order valence-corrected chi connectivity index (χ3v) is 10.5. The van der Waals surface area contributed by atoms with Gasteiger partial charge in [0.15, 0.2) is 0 Å². The number of ether oxygens (including phenoxy) is 1. The van der Waals surface area contributed by atoms with E-state index < -0.39 is 5.82 Å². The number of halogens is 1. The van der Waals surface area contributed by atoms with Gasteiger partial charge in [0.05, 0.1) is 36.7 Å². The molecule has 5 aromatic rings. The Morgan fingerprint density at radius 3 is 2.45 bits per heavy atom. The smallest absolute Gasteiger partial charge is 0.264 e. The third kappa shape index (κ3) is 6.43. The van der Waals surface area contributed by atoms with Gasteiger partial charge in [0.1, 0.15) is 11.6 Å². The first-order valence-corrected chi connectivity index (χ1v) is 17.6. The van der Waals surface area contributed by atoms with Crippen LogP contribution in [-0.4, -0.2) is 80.0 Å². The molecule has 2 aromatic heterocycles. The zero-order valence-corrected chi connectivity index (χ0v) is 28.8. The number of carbonyl (C=O) groups excluding carboxylic acids is 2. The van der Waals surface area contributed by atoms with Crippen LogP contribution in [0.25, 0.3) is 11.3 Å². The maximum Gasteiger partial charge on any atom is 0.264 e. The van der Waals surface area contributed by atoms with E-state index in [0.29, 0.717) is 71.8 Å². The number of phenolic OH excluding ortho intramolecular Hbond substituents is 1. The molecule has 2 fully saturated rings. The zero-order chi connectivity index (χ0) is 35.2. The first kappa shape index (κ1) is 32.9. The van der Waals surface area contributed by atoms with Crippen molar-refractivity contribution in [2.75, 3.05) is 37.7 Å². The molecule has 10 nitrogen and oxygen atoms in total. The molecular weight excluding hydrogens is 647 g/mol. The van der Waals surface area contributed by atoms with Crippen LogP contribution in [0.3, 0.4) is 0 Å². The van der Waals surface area contributed by atoms with Gasteiger partial charge in [-0.1, -0.05) is 24.3 Å². The molecule has 0 bridgehead atoms. The highest BCUT2D eigenvalue weighted by molar-refractivity contribution is 6.12. The van der Waals surface area contributed by atoms with Gasteiger partial charge in [-0.15, -0.1) is 0 Å². The van der Waals surface area contributed by atoms with Crippen LogP contribution in [0.4, 0.5) is 15.8 Å². The Morgan fingerprint density at radius 1 is 0.961 bits per heavy atom. The molecule has 0 radical (unpaired) electrons. The molecule has 1 saturated heterocycles. The molecule has 11 heteroatoms. The van der Waals surface area contributed by atoms with Crippen LogP contribution in [0.2, 0.25) is 0 Å². The van der Waals surface area contributed by atoms with Crippen molar-refractivity contribution < 1.29 is 23.8 Å². The van der Waals surface area contributed by atoms with E-state index in [0.717, 1.165) is 37.9 Å². The SMILES string of the molecule is Cc1c(C(=O)N(c2ccc(O)cc2)c2cnn(C3CC3)c2)cc(-c2cc(F)ccc2C(=O)N2Cc3ccccc3C[C@H]2CN2CCOCC2)n1C. The van der Waals surface area contributed by atoms with E-state index in [1.165, 1.54) is 17.7 Å². The molecule has 1 N–H and O–H groups in total. The first-order valence-electron chi connectivity index (χ1n) is 17.6. The van der Waals surface area contributed by atoms with E-state index in [-0.39, 0.29) is 23.6 Å². The average molecular weight is 689 g/mol. The van der Waals surface area contributed by atoms with Gasteiger partial charge in [0.2, 0.25) is 0 Å². The molecule has 2 amide bonds. The van der Waals surface area contributed by atoms with Crippen LogP contribution in [0, 0.1) is 12.7 Å². The van der Waals surface area contributed by atoms with Crippen molar-refractivity contribution >= 4 is 23.2 Å². The number of nitrogens with zero attached hydrogens (tertiary/aromatic N) is 6. The maximum absolute atomic E-state index is 15.1. The van der Waals surface area contributed by atoms with Gasteiger partial charge < -0.3 is 19.3 Å². The van der Waals surface area contributed by atoms with E-state index in [9.17, 15) is 14.7 Å². The fourth-order valence-corrected chi connectivity index (χ4v) is 7.40. The fourth-order valence-electron chi connectivity index (χ4n) is 7.40. The summed E-state index contributed by atoms with van der Waals surface area (Å²) >= 11 is 0. The van der Waals surface area contributed by atoms with Gasteiger partial charge in [0.25, 0.3) is 11.8 Å². The predicted octanol–water partition coefficient (Wildman–Crippen LogP) is 6.25. The van der Waals surface area contributed by atoms with E-state index in [2.05, 4.69) is 22.1 Å². The Labute approximate surface area is 296 Å². The summed E-state index contributed by atoms with van der Waals surface area (Å²) in [5.74, 6) is -0.869. The second-order valence-corrected chi connectivity index (χ2v) is 13.8. The van der Waals surface area contributed by atoms with Crippen molar-refractivity contribution in [1.29, 1.82) is 0 Å². The number of rotatable bonds is 8. The summed E-state index contributed by atoms with van der Waals surface area (Å²) in [7, 11) is 1.83. The standard InChI is InChI=1S/C40H41FN6O4/c1-26-36(40(50)47(31-10-12-34(48)13-11-31)33-22-42-46(25-33)30-8-9-30)21-38(43(26)2)37-20-29(41)7-14-35(37)39(49)45-23-28-6-4-3-5-27(28)19-32(45)24-44-15-17-51-18-16-44/h3-7,10-14,20-22,25,30,32,48H,8-9,15-19,23-24H2,1-2H3/t32-/m0/s1. The lowest BCUT2D eigenvalue weighted by molar-refractivity contribution is 0.0193. The summed E-state index contributed by atoms with van der Waals surface area (Å²) < 4.78 is 24.5. The monoisotopic (exact) mass is 688 g/mol. The largest absolute Gasteiger partial charge is 0.508 e. The van der Waals surface area contributed by atoms with Crippen molar-refractivity contribution in [2.24, 2.45) is 7.05 Å². The van der Waals surface area contributed by atoms with E-state index in [4.69, 9.17) is 4.74 Å². The summed E-state index contributed by atoms with van der Waals surface area (Å²) in [6.45, 7) is 5.97. The first-order chi connectivity index (χ1) is 24.7. The van der Waals surface area contributed by atoms with Crippen LogP contribution in [0.1, 0.15) is 56.4 Å². The fraction of sp³-hybridized carbons (Fsp3) is 0.325. The molecule has 0 unspecified atom stereocenters. The maximum atomic E-state index is 15.1. The number of carbonyl (C=O) groups is 2. The van der Waals surface area contributed by atoms with E-state index in [1.807, 2.05) is 46.4 Å². The van der Waals surface area contributed by atoms with Crippen molar-refractivity contribution in [3.8, 4) is 17.0 Å². The predicted molar refractivity (Wildman–Crippen MR) is 192 cm³/mol. The van der Waals surface area contributed by atoms with Crippen molar-refractivity contribution in [3.63, 3.8) is 0 Å². The number of hydrogen-bond acceptors (Lipinski definition) is 6. The highest BCUT2D eigenvalue weighted by Gasteiger charge is 2.34. The number of aromatic nitrogens is 3. The van der Waals surface area contributed by atoms with Crippen LogP contribution >= 0.6 is 0 Å². The quantitative estimate of drug-likeness (QED) is 0.207. The Hall–Kier alpha value is -5.26. The van der Waals surface area contributed by atoms with E-state index in [1.54, 1.807) is 47.5 Å². The van der Waals surface area contributed by atoms with Crippen molar-refractivity contribution in [2.45, 2.75) is 44.8 Å². The zero-order valence-electron chi connectivity index (χ0n) is 28.8. The third-order valence-electron chi connectivity index (χ3n) is 10.5. The molecule has 1 aliphatic carbocycles. The lowest BCUT2D eigenvalue weighted by atomic mass is 9.92. The second-order valence-electron chi connectivity index (χ2n) is 13.8. The highest BCUT2D eigenvalue weighted by Crippen LogP contribution is 2.38. The molecule has 262 valence electrons. The number of benzene rings is 3. The number of morpholine rings is 1. The van der Waals surface area contributed by atoms with Crippen LogP contribution in [-0.2, 0) is 24.8 Å². The molecule has 4 heterocycles. The number of phenols is 1. The Bertz CT molecular complexity index is 2100. The number of anilines is 2. The second kappa shape index (κ2) is 13.5. The number of aromatic hydroxyl groups is 1. The number of fused-ring (bicyclic) bond motifs is 1. The molecule has 3 aromatic carbocycles. The van der Waals surface area contributed by atoms with Gasteiger partial charge in [-0.2, -0.15) is 5.10 Å². The van der Waals surface area contributed by atoms with Crippen LogP contribution in [0.15, 0.2) is 85.2 Å². The summed E-state index contributed by atoms with van der Waals surface area (Å²) in [6.07, 6.45) is 6.36. The van der Waals surface area contributed by atoms with Crippen LogP contribution in [0.5, 0.6) is 5.75 Å². The Morgan fingerprint density at radius 2 is 1.71 bits per heavy atom. The highest BCUT2D eigenvalue weighted by atomic mass is 19.1. The average Bonchev–Trinajstić information content (AvgIpc) is 3.81. The number of amides is 2. The summed E-state index contributed by atoms with van der Waals surface area (Å²) in [5, 5.41) is 14.5. The van der Waals surface area contributed by atoms with Crippen LogP contribution < -0.4 is 4.90 Å². The molecule has 8 rings (SSSR count). The van der Waals surface area contributed by atoms with Crippen molar-refractivity contribution in [1.82, 2.24) is 24.1 Å². The Kier molecular flexibility index (Phi) is 8.69. The van der Waals surface area contributed by atoms with Gasteiger partial charge in [-0.05, 0) is 85.8 Å². The normalized spacial score (nSPS) is 17.7. The van der Waals surface area contributed by atoms with Gasteiger partial charge in [0, 0.05) is 73.7 Å². The lowest BCUT2D eigenvalue weighted by Crippen LogP contribution is -2.52. The minimum absolute atomic E-state index is 0.0777. The molecule has 51 heavy (non-hydrogen) atoms. The molecular formula is C40H41FN6O4. The minimum atomic E-state index is -0.472. The molecule has 3 aliphatic rings. The minimum Gasteiger partial charge on any atom is -0.508 e. The Balaban J connectivity index is 1.16. The topological polar surface area (TPSA) is 96.1 Å². The summed E-state index contributed by atoms with van der Waals surface area (Å²) in [5.41, 5.74) is 5.93. The van der Waals surface area contributed by atoms with Gasteiger partial charge in [-0.25, -0.2) is 4.39 Å². The molecule has 1 saturated carbocycles. The van der Waals surface area contributed by atoms with Crippen molar-refractivity contribution in [3.05, 3.63) is 119 Å². The molecule has 0 spiro atoms. The van der Waals surface area contributed by atoms with Gasteiger partial charge in [-0.3, -0.25) is 24.1 Å². The molecule has 2 aliphatic heterocycles. The summed E-state index contributed by atoms with van der Waals surface area (Å²) in [6, 6.07) is 21.0. The lowest BCUT2D eigenvalue weighted by Gasteiger charge is -2.40. The van der Waals surface area contributed by atoms with Gasteiger partial charge >= 0.3 is 0 Å². The van der Waals surface area contributed by atoms with E-state index >= 15 is 4.39 Å².